The molecule has 2 aromatic rings. The molecule has 2 aromatic heterocycles. The second-order valence-corrected chi connectivity index (χ2v) is 8.36. The van der Waals surface area contributed by atoms with Crippen LogP contribution in [0, 0.1) is 6.92 Å². The van der Waals surface area contributed by atoms with Crippen molar-refractivity contribution < 1.29 is 22.8 Å². The summed E-state index contributed by atoms with van der Waals surface area (Å²) >= 11 is 0. The van der Waals surface area contributed by atoms with Gasteiger partial charge in [0.05, 0.1) is 18.8 Å². The summed E-state index contributed by atoms with van der Waals surface area (Å²) < 4.78 is 38.9. The Hall–Kier alpha value is -3.99. The summed E-state index contributed by atoms with van der Waals surface area (Å²) in [6.07, 6.45) is -4.63. The molecule has 0 aromatic carbocycles. The molecule has 10 nitrogen and oxygen atoms in total. The van der Waals surface area contributed by atoms with Crippen LogP contribution in [0.5, 0.6) is 0 Å². The average molecular weight is 488 g/mol. The van der Waals surface area contributed by atoms with Crippen LogP contribution in [0.25, 0.3) is 0 Å². The first-order chi connectivity index (χ1) is 16.4. The van der Waals surface area contributed by atoms with Crippen LogP contribution in [-0.2, 0) is 17.5 Å². The summed E-state index contributed by atoms with van der Waals surface area (Å²) in [5.74, 6) is 3.17. The third-order valence-electron chi connectivity index (χ3n) is 5.75. The van der Waals surface area contributed by atoms with Crippen LogP contribution in [-0.4, -0.2) is 63.7 Å². The number of pyridine rings is 1. The van der Waals surface area contributed by atoms with E-state index in [0.29, 0.717) is 41.8 Å². The lowest BCUT2D eigenvalue weighted by Crippen LogP contribution is -2.44. The van der Waals surface area contributed by atoms with Gasteiger partial charge >= 0.3 is 6.18 Å². The van der Waals surface area contributed by atoms with Gasteiger partial charge < -0.3 is 15.5 Å². The number of aromatic nitrogens is 3. The number of rotatable bonds is 6. The van der Waals surface area contributed by atoms with Gasteiger partial charge in [0.25, 0.3) is 0 Å². The lowest BCUT2D eigenvalue weighted by atomic mass is 10.1. The maximum atomic E-state index is 13.0. The number of hydrazone groups is 1. The van der Waals surface area contributed by atoms with Crippen molar-refractivity contribution in [3.63, 3.8) is 0 Å². The number of carbonyl (C=O) groups excluding carboxylic acids is 2. The number of carbonyl (C=O) groups is 2. The van der Waals surface area contributed by atoms with Crippen LogP contribution in [0.4, 0.5) is 30.6 Å². The van der Waals surface area contributed by atoms with Crippen LogP contribution in [0.15, 0.2) is 22.8 Å². The standard InChI is InChI=1S/C22H23F3N8O2/c1-11-17-19(32(4)12(2)20(35)30-17)31-21(28-11)26-7-14-8-27-33(9-14)10-15-5-6-16(22(23,24)25)29-18(15)13(3)34/h5-6,12H,7,9-10H2,1-4H3,(H,30,35)(H,26,28,31)/t12-/m0/s1. The highest BCUT2D eigenvalue weighted by molar-refractivity contribution is 6.03. The minimum atomic E-state index is -4.63. The fraction of sp³-hybridized carbons (Fsp3) is 0.409. The Labute approximate surface area is 198 Å². The van der Waals surface area contributed by atoms with E-state index in [4.69, 9.17) is 0 Å². The number of hydrogen-bond donors (Lipinski definition) is 2. The molecule has 0 radical (unpaired) electrons. The third-order valence-corrected chi connectivity index (χ3v) is 5.75. The topological polar surface area (TPSA) is 116 Å². The lowest BCUT2D eigenvalue weighted by Gasteiger charge is -2.32. The monoisotopic (exact) mass is 488 g/mol. The number of likely N-dealkylation sites (N-methyl/N-ethyl adjacent to an activating group) is 1. The number of halogens is 3. The molecular formula is C22H23F3N8O2. The number of aryl methyl sites for hydroxylation is 1. The molecule has 0 bridgehead atoms. The van der Waals surface area contributed by atoms with E-state index < -0.39 is 17.7 Å². The minimum absolute atomic E-state index is 0.105. The van der Waals surface area contributed by atoms with Crippen molar-refractivity contribution in [1.29, 1.82) is 0 Å². The quantitative estimate of drug-likeness (QED) is 0.597. The molecule has 4 rings (SSSR count). The normalized spacial score (nSPS) is 17.3. The van der Waals surface area contributed by atoms with E-state index in [-0.39, 0.29) is 24.2 Å². The molecule has 35 heavy (non-hydrogen) atoms. The summed E-state index contributed by atoms with van der Waals surface area (Å²) in [7, 11) is 1.79. The lowest BCUT2D eigenvalue weighted by molar-refractivity contribution is -0.141. The van der Waals surface area contributed by atoms with Crippen molar-refractivity contribution >= 4 is 35.0 Å². The number of Topliss-reactive ketones (excluding diaryl/α,β-unsaturated/α-hetero) is 1. The molecule has 0 fully saturated rings. The number of hydrogen-bond acceptors (Lipinski definition) is 9. The van der Waals surface area contributed by atoms with Gasteiger partial charge in [-0.25, -0.2) is 9.97 Å². The van der Waals surface area contributed by atoms with Crippen molar-refractivity contribution in [2.45, 2.75) is 39.5 Å². The summed E-state index contributed by atoms with van der Waals surface area (Å²) in [6.45, 7) is 5.51. The van der Waals surface area contributed by atoms with E-state index in [9.17, 15) is 22.8 Å². The van der Waals surface area contributed by atoms with Gasteiger partial charge in [-0.1, -0.05) is 6.07 Å². The van der Waals surface area contributed by atoms with Gasteiger partial charge in [0.15, 0.2) is 11.6 Å². The first-order valence-electron chi connectivity index (χ1n) is 10.7. The number of nitrogens with one attached hydrogen (secondary N) is 2. The van der Waals surface area contributed by atoms with Crippen LogP contribution < -0.4 is 15.5 Å². The summed E-state index contributed by atoms with van der Waals surface area (Å²) in [5, 5.41) is 11.7. The summed E-state index contributed by atoms with van der Waals surface area (Å²) in [5.41, 5.74) is 0.956. The number of anilines is 3. The van der Waals surface area contributed by atoms with Crippen LogP contribution in [0.2, 0.25) is 0 Å². The Morgan fingerprint density at radius 2 is 2.03 bits per heavy atom. The maximum absolute atomic E-state index is 13.0. The highest BCUT2D eigenvalue weighted by atomic mass is 19.4. The van der Waals surface area contributed by atoms with Gasteiger partial charge in [-0.15, -0.1) is 5.10 Å². The molecule has 2 aliphatic rings. The van der Waals surface area contributed by atoms with E-state index >= 15 is 0 Å². The number of amides is 1. The van der Waals surface area contributed by atoms with E-state index in [1.54, 1.807) is 30.8 Å². The Bertz CT molecular complexity index is 1270. The molecule has 2 N–H and O–H groups in total. The predicted octanol–water partition coefficient (Wildman–Crippen LogP) is 2.62. The average Bonchev–Trinajstić information content (AvgIpc) is 3.23. The zero-order valence-electron chi connectivity index (χ0n) is 19.5. The number of ketones is 1. The van der Waals surface area contributed by atoms with Crippen LogP contribution in [0.1, 0.15) is 41.3 Å². The van der Waals surface area contributed by atoms with Gasteiger partial charge in [0, 0.05) is 37.5 Å². The van der Waals surface area contributed by atoms with Crippen LogP contribution >= 0.6 is 0 Å². The van der Waals surface area contributed by atoms with Gasteiger partial charge in [-0.05, 0) is 19.9 Å². The molecule has 0 saturated carbocycles. The van der Waals surface area contributed by atoms with Crippen molar-refractivity contribution in [3.05, 3.63) is 40.4 Å². The molecule has 2 aliphatic heterocycles. The smallest absolute Gasteiger partial charge is 0.350 e. The molecule has 0 saturated heterocycles. The van der Waals surface area contributed by atoms with Gasteiger partial charge in [-0.2, -0.15) is 18.2 Å². The largest absolute Gasteiger partial charge is 0.433 e. The maximum Gasteiger partial charge on any atom is 0.433 e. The van der Waals surface area contributed by atoms with Gasteiger partial charge in [-0.3, -0.25) is 14.6 Å². The van der Waals surface area contributed by atoms with Gasteiger partial charge in [0.1, 0.15) is 23.1 Å². The third kappa shape index (κ3) is 4.94. The van der Waals surface area contributed by atoms with E-state index in [1.165, 1.54) is 13.0 Å². The molecule has 1 amide bonds. The van der Waals surface area contributed by atoms with Crippen molar-refractivity contribution in [1.82, 2.24) is 20.0 Å². The zero-order valence-corrected chi connectivity index (χ0v) is 19.5. The van der Waals surface area contributed by atoms with E-state index in [0.717, 1.165) is 11.6 Å². The number of fused-ring (bicyclic) bond motifs is 1. The molecule has 0 spiro atoms. The predicted molar refractivity (Wildman–Crippen MR) is 122 cm³/mol. The Morgan fingerprint density at radius 1 is 1.29 bits per heavy atom. The molecule has 4 heterocycles. The van der Waals surface area contributed by atoms with Crippen molar-refractivity contribution in [2.75, 3.05) is 35.7 Å². The Kier molecular flexibility index (Phi) is 6.20. The highest BCUT2D eigenvalue weighted by Gasteiger charge is 2.34. The summed E-state index contributed by atoms with van der Waals surface area (Å²) in [4.78, 5) is 38.1. The van der Waals surface area contributed by atoms with Gasteiger partial charge in [0.2, 0.25) is 11.9 Å². The zero-order chi connectivity index (χ0) is 25.5. The van der Waals surface area contributed by atoms with E-state index in [1.807, 2.05) is 0 Å². The van der Waals surface area contributed by atoms with Crippen molar-refractivity contribution in [3.8, 4) is 0 Å². The SMILES string of the molecule is CC(=O)c1nc(C(F)(F)F)ccc1CN1CC(CNc2nc(C)c3c(n2)N(C)[C@@H](C)C(=O)N3)=C=N1. The Balaban J connectivity index is 1.41. The minimum Gasteiger partial charge on any atom is -0.350 e. The second-order valence-electron chi connectivity index (χ2n) is 8.36. The summed E-state index contributed by atoms with van der Waals surface area (Å²) in [6, 6.07) is 1.73. The van der Waals surface area contributed by atoms with Crippen LogP contribution in [0.3, 0.4) is 0 Å². The highest BCUT2D eigenvalue weighted by Crippen LogP contribution is 2.32. The first kappa shape index (κ1) is 24.1. The van der Waals surface area contributed by atoms with E-state index in [2.05, 4.69) is 36.6 Å². The first-order valence-corrected chi connectivity index (χ1v) is 10.7. The number of nitrogens with zero attached hydrogens (tertiary/aromatic N) is 6. The fourth-order valence-corrected chi connectivity index (χ4v) is 3.71. The number of alkyl halides is 3. The second kappa shape index (κ2) is 8.99. The molecule has 1 atom stereocenters. The molecule has 184 valence electrons. The fourth-order valence-electron chi connectivity index (χ4n) is 3.71. The molecule has 13 heteroatoms. The molecule has 0 unspecified atom stereocenters. The van der Waals surface area contributed by atoms with Crippen molar-refractivity contribution in [2.24, 2.45) is 5.10 Å². The molecular weight excluding hydrogens is 465 g/mol. The Morgan fingerprint density at radius 3 is 2.71 bits per heavy atom. The molecule has 0 aliphatic carbocycles.